The van der Waals surface area contributed by atoms with Gasteiger partial charge in [0.05, 0.1) is 11.5 Å². The molecular weight excluding hydrogens is 392 g/mol. The molecule has 0 aliphatic heterocycles. The van der Waals surface area contributed by atoms with Crippen molar-refractivity contribution in [3.05, 3.63) is 29.8 Å². The fourth-order valence-corrected chi connectivity index (χ4v) is 4.60. The third-order valence-corrected chi connectivity index (χ3v) is 7.07. The first-order chi connectivity index (χ1) is 14.3. The molecule has 0 aliphatic rings. The minimum absolute atomic E-state index is 0.0113. The summed E-state index contributed by atoms with van der Waals surface area (Å²) in [5, 5.41) is 0. The molecule has 0 N–H and O–H groups in total. The van der Waals surface area contributed by atoms with E-state index in [1.807, 2.05) is 12.1 Å². The fourth-order valence-electron chi connectivity index (χ4n) is 3.65. The Labute approximate surface area is 187 Å². The minimum atomic E-state index is -3.64. The van der Waals surface area contributed by atoms with Crippen molar-refractivity contribution < 1.29 is 12.6 Å². The van der Waals surface area contributed by atoms with Crippen LogP contribution in [-0.4, -0.2) is 15.0 Å². The molecule has 0 aromatic heterocycles. The second kappa shape index (κ2) is 15.0. The lowest BCUT2D eigenvalue weighted by molar-refractivity contribution is 0.306. The molecule has 1 rings (SSSR count). The standard InChI is InChI=1S/C26H46O3S/c1-5-6-7-8-9-10-11-12-13-14-15-16-17-18-23-29-30(27,28)25-21-19-24(20-22-25)26(2,3)4/h19-22H,5-18,23H2,1-4H3. The van der Waals surface area contributed by atoms with Crippen LogP contribution in [0.3, 0.4) is 0 Å². The van der Waals surface area contributed by atoms with Crippen LogP contribution in [0.25, 0.3) is 0 Å². The van der Waals surface area contributed by atoms with E-state index in [9.17, 15) is 8.42 Å². The molecule has 0 fully saturated rings. The Morgan fingerprint density at radius 3 is 1.47 bits per heavy atom. The summed E-state index contributed by atoms with van der Waals surface area (Å²) in [5.74, 6) is 0. The molecule has 3 nitrogen and oxygen atoms in total. The maximum atomic E-state index is 12.3. The Hall–Kier alpha value is -0.870. The van der Waals surface area contributed by atoms with Gasteiger partial charge >= 0.3 is 0 Å². The van der Waals surface area contributed by atoms with Gasteiger partial charge in [0, 0.05) is 0 Å². The third-order valence-electron chi connectivity index (χ3n) is 5.75. The molecule has 1 aromatic carbocycles. The van der Waals surface area contributed by atoms with Crippen molar-refractivity contribution in [3.8, 4) is 0 Å². The first-order valence-corrected chi connectivity index (χ1v) is 13.7. The molecule has 0 heterocycles. The van der Waals surface area contributed by atoms with Gasteiger partial charge in [-0.15, -0.1) is 0 Å². The van der Waals surface area contributed by atoms with Crippen molar-refractivity contribution in [2.75, 3.05) is 6.61 Å². The van der Waals surface area contributed by atoms with E-state index in [1.54, 1.807) is 12.1 Å². The Morgan fingerprint density at radius 1 is 0.667 bits per heavy atom. The lowest BCUT2D eigenvalue weighted by atomic mass is 9.87. The van der Waals surface area contributed by atoms with Crippen LogP contribution in [0, 0.1) is 0 Å². The van der Waals surface area contributed by atoms with Crippen molar-refractivity contribution in [1.82, 2.24) is 0 Å². The van der Waals surface area contributed by atoms with Crippen molar-refractivity contribution in [3.63, 3.8) is 0 Å². The molecule has 0 spiro atoms. The first kappa shape index (κ1) is 27.2. The minimum Gasteiger partial charge on any atom is -0.266 e. The van der Waals surface area contributed by atoms with E-state index in [0.29, 0.717) is 0 Å². The van der Waals surface area contributed by atoms with Gasteiger partial charge < -0.3 is 0 Å². The zero-order valence-electron chi connectivity index (χ0n) is 20.0. The Bertz CT molecular complexity index is 642. The summed E-state index contributed by atoms with van der Waals surface area (Å²) in [6, 6.07) is 7.06. The monoisotopic (exact) mass is 438 g/mol. The van der Waals surface area contributed by atoms with Gasteiger partial charge in [0.2, 0.25) is 0 Å². The molecule has 0 atom stereocenters. The summed E-state index contributed by atoms with van der Waals surface area (Å²) in [6.07, 6.45) is 18.0. The van der Waals surface area contributed by atoms with E-state index in [4.69, 9.17) is 4.18 Å². The second-order valence-electron chi connectivity index (χ2n) is 9.65. The van der Waals surface area contributed by atoms with E-state index >= 15 is 0 Å². The van der Waals surface area contributed by atoms with Gasteiger partial charge in [0.1, 0.15) is 0 Å². The van der Waals surface area contributed by atoms with E-state index < -0.39 is 10.1 Å². The molecule has 0 bridgehead atoms. The van der Waals surface area contributed by atoms with Crippen LogP contribution in [0.5, 0.6) is 0 Å². The average Bonchev–Trinajstić information content (AvgIpc) is 2.70. The molecule has 0 radical (unpaired) electrons. The smallest absolute Gasteiger partial charge is 0.266 e. The summed E-state index contributed by atoms with van der Waals surface area (Å²) >= 11 is 0. The molecular formula is C26H46O3S. The van der Waals surface area contributed by atoms with E-state index in [-0.39, 0.29) is 16.9 Å². The van der Waals surface area contributed by atoms with Crippen molar-refractivity contribution in [1.29, 1.82) is 0 Å². The Kier molecular flexibility index (Phi) is 13.6. The lowest BCUT2D eigenvalue weighted by Crippen LogP contribution is -2.12. The SMILES string of the molecule is CCCCCCCCCCCCCCCCOS(=O)(=O)c1ccc(C(C)(C)C)cc1. The number of unbranched alkanes of at least 4 members (excludes halogenated alkanes) is 13. The maximum absolute atomic E-state index is 12.3. The number of hydrogen-bond acceptors (Lipinski definition) is 3. The maximum Gasteiger partial charge on any atom is 0.296 e. The largest absolute Gasteiger partial charge is 0.296 e. The van der Waals surface area contributed by atoms with Gasteiger partial charge in [-0.3, -0.25) is 4.18 Å². The summed E-state index contributed by atoms with van der Waals surface area (Å²) in [6.45, 7) is 8.89. The van der Waals surface area contributed by atoms with Gasteiger partial charge in [-0.05, 0) is 29.5 Å². The lowest BCUT2D eigenvalue weighted by Gasteiger charge is -2.19. The van der Waals surface area contributed by atoms with Crippen LogP contribution in [-0.2, 0) is 19.7 Å². The van der Waals surface area contributed by atoms with Crippen LogP contribution in [0.2, 0.25) is 0 Å². The van der Waals surface area contributed by atoms with Crippen LogP contribution in [0.15, 0.2) is 29.2 Å². The number of benzene rings is 1. The van der Waals surface area contributed by atoms with Crippen LogP contribution < -0.4 is 0 Å². The summed E-state index contributed by atoms with van der Waals surface area (Å²) in [7, 11) is -3.64. The van der Waals surface area contributed by atoms with Crippen molar-refractivity contribution in [2.45, 2.75) is 128 Å². The topological polar surface area (TPSA) is 43.4 Å². The van der Waals surface area contributed by atoms with Crippen molar-refractivity contribution >= 4 is 10.1 Å². The quantitative estimate of drug-likeness (QED) is 0.182. The predicted octanol–water partition coefficient (Wildman–Crippen LogP) is 8.17. The third kappa shape index (κ3) is 12.1. The normalized spacial score (nSPS) is 12.4. The van der Waals surface area contributed by atoms with Gasteiger partial charge in [-0.1, -0.05) is 123 Å². The fraction of sp³-hybridized carbons (Fsp3) is 0.769. The van der Waals surface area contributed by atoms with Crippen LogP contribution in [0.1, 0.15) is 123 Å². The highest BCUT2D eigenvalue weighted by molar-refractivity contribution is 7.86. The van der Waals surface area contributed by atoms with Gasteiger partial charge in [0.25, 0.3) is 10.1 Å². The number of hydrogen-bond donors (Lipinski definition) is 0. The van der Waals surface area contributed by atoms with E-state index in [2.05, 4.69) is 27.7 Å². The Morgan fingerprint density at radius 2 is 1.07 bits per heavy atom. The molecule has 30 heavy (non-hydrogen) atoms. The molecule has 0 aliphatic carbocycles. The summed E-state index contributed by atoms with van der Waals surface area (Å²) in [4.78, 5) is 0.251. The second-order valence-corrected chi connectivity index (χ2v) is 11.3. The first-order valence-electron chi connectivity index (χ1n) is 12.3. The zero-order valence-corrected chi connectivity index (χ0v) is 20.9. The molecule has 4 heteroatoms. The summed E-state index contributed by atoms with van der Waals surface area (Å²) in [5.41, 5.74) is 1.13. The molecule has 1 aromatic rings. The number of rotatable bonds is 17. The van der Waals surface area contributed by atoms with E-state index in [1.165, 1.54) is 77.0 Å². The molecule has 0 amide bonds. The van der Waals surface area contributed by atoms with Crippen molar-refractivity contribution in [2.24, 2.45) is 0 Å². The van der Waals surface area contributed by atoms with Crippen LogP contribution in [0.4, 0.5) is 0 Å². The highest BCUT2D eigenvalue weighted by atomic mass is 32.2. The zero-order chi connectivity index (χ0) is 22.3. The predicted molar refractivity (Wildman–Crippen MR) is 129 cm³/mol. The van der Waals surface area contributed by atoms with Gasteiger partial charge in [0.15, 0.2) is 0 Å². The van der Waals surface area contributed by atoms with E-state index in [0.717, 1.165) is 18.4 Å². The molecule has 0 saturated heterocycles. The van der Waals surface area contributed by atoms with Gasteiger partial charge in [-0.25, -0.2) is 0 Å². The Balaban J connectivity index is 2.03. The van der Waals surface area contributed by atoms with Gasteiger partial charge in [-0.2, -0.15) is 8.42 Å². The highest BCUT2D eigenvalue weighted by Crippen LogP contribution is 2.24. The molecule has 0 unspecified atom stereocenters. The molecule has 0 saturated carbocycles. The highest BCUT2D eigenvalue weighted by Gasteiger charge is 2.18. The molecule has 174 valence electrons. The average molecular weight is 439 g/mol. The van der Waals surface area contributed by atoms with Crippen LogP contribution >= 0.6 is 0 Å². The summed E-state index contributed by atoms with van der Waals surface area (Å²) < 4.78 is 29.8.